The van der Waals surface area contributed by atoms with Gasteiger partial charge in [-0.3, -0.25) is 4.79 Å². The first-order valence-corrected chi connectivity index (χ1v) is 8.17. The first-order chi connectivity index (χ1) is 13.3. The van der Waals surface area contributed by atoms with Crippen LogP contribution in [-0.2, 0) is 6.18 Å². The van der Waals surface area contributed by atoms with Crippen LogP contribution in [0.5, 0.6) is 0 Å². The van der Waals surface area contributed by atoms with Gasteiger partial charge in [0.15, 0.2) is 0 Å². The fourth-order valence-corrected chi connectivity index (χ4v) is 2.76. The van der Waals surface area contributed by atoms with Gasteiger partial charge in [-0.15, -0.1) is 0 Å². The highest BCUT2D eigenvalue weighted by Crippen LogP contribution is 2.39. The number of hydrogen-bond acceptors (Lipinski definition) is 2. The molecule has 0 bridgehead atoms. The van der Waals surface area contributed by atoms with Gasteiger partial charge in [-0.25, -0.2) is 4.79 Å². The van der Waals surface area contributed by atoms with Crippen LogP contribution in [0.1, 0.15) is 26.3 Å². The highest BCUT2D eigenvalue weighted by Gasteiger charge is 2.36. The van der Waals surface area contributed by atoms with Crippen molar-refractivity contribution in [2.75, 3.05) is 5.32 Å². The van der Waals surface area contributed by atoms with Crippen LogP contribution in [0, 0.1) is 0 Å². The van der Waals surface area contributed by atoms with Crippen molar-refractivity contribution in [2.45, 2.75) is 6.18 Å². The van der Waals surface area contributed by atoms with Gasteiger partial charge >= 0.3 is 12.1 Å². The summed E-state index contributed by atoms with van der Waals surface area (Å²) in [7, 11) is 0. The van der Waals surface area contributed by atoms with Crippen molar-refractivity contribution in [1.82, 2.24) is 0 Å². The zero-order valence-electron chi connectivity index (χ0n) is 14.3. The molecule has 0 aromatic heterocycles. The summed E-state index contributed by atoms with van der Waals surface area (Å²) in [5, 5.41) is 11.8. The number of rotatable bonds is 4. The molecular formula is C21H14F3NO3. The maximum Gasteiger partial charge on any atom is 0.417 e. The molecule has 7 heteroatoms. The molecule has 3 aromatic carbocycles. The number of carbonyl (C=O) groups excluding carboxylic acids is 1. The summed E-state index contributed by atoms with van der Waals surface area (Å²) in [6.07, 6.45) is -4.86. The van der Waals surface area contributed by atoms with Crippen molar-refractivity contribution in [3.63, 3.8) is 0 Å². The van der Waals surface area contributed by atoms with Crippen LogP contribution in [0.15, 0.2) is 72.8 Å². The van der Waals surface area contributed by atoms with Crippen LogP contribution in [0.4, 0.5) is 18.9 Å². The Bertz CT molecular complexity index is 1020. The van der Waals surface area contributed by atoms with Crippen LogP contribution in [-0.4, -0.2) is 17.0 Å². The van der Waals surface area contributed by atoms with E-state index in [1.54, 1.807) is 60.7 Å². The number of halogens is 3. The number of nitrogens with one attached hydrogen (secondary N) is 1. The Morgan fingerprint density at radius 1 is 0.857 bits per heavy atom. The Kier molecular flexibility index (Phi) is 5.17. The third kappa shape index (κ3) is 4.03. The average molecular weight is 385 g/mol. The Morgan fingerprint density at radius 2 is 1.43 bits per heavy atom. The number of aromatic carboxylic acids is 1. The van der Waals surface area contributed by atoms with E-state index in [-0.39, 0.29) is 11.3 Å². The number of hydrogen-bond donors (Lipinski definition) is 2. The van der Waals surface area contributed by atoms with E-state index in [0.717, 1.165) is 12.1 Å². The summed E-state index contributed by atoms with van der Waals surface area (Å²) in [4.78, 5) is 23.9. The second-order valence-electron chi connectivity index (χ2n) is 5.93. The quantitative estimate of drug-likeness (QED) is 0.639. The van der Waals surface area contributed by atoms with Gasteiger partial charge in [0, 0.05) is 16.8 Å². The lowest BCUT2D eigenvalue weighted by Crippen LogP contribution is -2.17. The number of benzene rings is 3. The topological polar surface area (TPSA) is 66.4 Å². The van der Waals surface area contributed by atoms with E-state index in [1.165, 1.54) is 0 Å². The fraction of sp³-hybridized carbons (Fsp3) is 0.0476. The second-order valence-corrected chi connectivity index (χ2v) is 5.93. The summed E-state index contributed by atoms with van der Waals surface area (Å²) in [6, 6.07) is 17.8. The lowest BCUT2D eigenvalue weighted by Gasteiger charge is -2.17. The Balaban J connectivity index is 2.18. The molecule has 0 radical (unpaired) electrons. The molecule has 4 nitrogen and oxygen atoms in total. The minimum Gasteiger partial charge on any atom is -0.478 e. The third-order valence-corrected chi connectivity index (χ3v) is 4.06. The van der Waals surface area contributed by atoms with Crippen molar-refractivity contribution in [3.05, 3.63) is 89.5 Å². The van der Waals surface area contributed by atoms with Crippen LogP contribution in [0.3, 0.4) is 0 Å². The highest BCUT2D eigenvalue weighted by atomic mass is 19.4. The van der Waals surface area contributed by atoms with E-state index in [1.807, 2.05) is 0 Å². The highest BCUT2D eigenvalue weighted by molar-refractivity contribution is 6.07. The van der Waals surface area contributed by atoms with E-state index in [9.17, 15) is 27.9 Å². The summed E-state index contributed by atoms with van der Waals surface area (Å²) in [6.45, 7) is 0. The number of anilines is 1. The molecule has 3 rings (SSSR count). The number of carbonyl (C=O) groups is 2. The summed E-state index contributed by atoms with van der Waals surface area (Å²) < 4.78 is 40.2. The van der Waals surface area contributed by atoms with Gasteiger partial charge in [-0.1, -0.05) is 48.5 Å². The maximum atomic E-state index is 13.4. The molecule has 0 aliphatic carbocycles. The SMILES string of the molecule is O=C(Nc1cc(C(=O)O)c(C(F)(F)F)cc1-c1ccccc1)c1ccccc1. The maximum absolute atomic E-state index is 13.4. The molecule has 3 aromatic rings. The van der Waals surface area contributed by atoms with Gasteiger partial charge in [-0.05, 0) is 29.8 Å². The minimum atomic E-state index is -4.86. The molecule has 2 N–H and O–H groups in total. The van der Waals surface area contributed by atoms with Gasteiger partial charge < -0.3 is 10.4 Å². The molecule has 0 heterocycles. The molecule has 0 aliphatic rings. The smallest absolute Gasteiger partial charge is 0.417 e. The molecule has 0 spiro atoms. The van der Waals surface area contributed by atoms with E-state index in [0.29, 0.717) is 11.1 Å². The van der Waals surface area contributed by atoms with Crippen molar-refractivity contribution in [1.29, 1.82) is 0 Å². The molecule has 0 unspecified atom stereocenters. The lowest BCUT2D eigenvalue weighted by atomic mass is 9.96. The van der Waals surface area contributed by atoms with E-state index in [2.05, 4.69) is 5.32 Å². The lowest BCUT2D eigenvalue weighted by molar-refractivity contribution is -0.138. The predicted molar refractivity (Wildman–Crippen MR) is 98.2 cm³/mol. The zero-order valence-corrected chi connectivity index (χ0v) is 14.3. The van der Waals surface area contributed by atoms with E-state index < -0.39 is 29.2 Å². The van der Waals surface area contributed by atoms with Gasteiger partial charge in [0.1, 0.15) is 0 Å². The zero-order chi connectivity index (χ0) is 20.3. The van der Waals surface area contributed by atoms with Crippen LogP contribution >= 0.6 is 0 Å². The summed E-state index contributed by atoms with van der Waals surface area (Å²) in [5.41, 5.74) is -1.47. The molecule has 0 saturated carbocycles. The molecule has 1 amide bonds. The Labute approximate surface area is 158 Å². The molecule has 28 heavy (non-hydrogen) atoms. The molecule has 0 atom stereocenters. The normalized spacial score (nSPS) is 11.1. The Morgan fingerprint density at radius 3 is 1.96 bits per heavy atom. The van der Waals surface area contributed by atoms with Crippen molar-refractivity contribution >= 4 is 17.6 Å². The first kappa shape index (κ1) is 19.2. The van der Waals surface area contributed by atoms with Crippen molar-refractivity contribution < 1.29 is 27.9 Å². The van der Waals surface area contributed by atoms with Gasteiger partial charge in [0.25, 0.3) is 5.91 Å². The van der Waals surface area contributed by atoms with Crippen LogP contribution < -0.4 is 5.32 Å². The molecular weight excluding hydrogens is 371 g/mol. The Hall–Kier alpha value is -3.61. The summed E-state index contributed by atoms with van der Waals surface area (Å²) in [5.74, 6) is -2.30. The second kappa shape index (κ2) is 7.56. The number of carboxylic acids is 1. The average Bonchev–Trinajstić information content (AvgIpc) is 2.68. The monoisotopic (exact) mass is 385 g/mol. The van der Waals surface area contributed by atoms with Crippen LogP contribution in [0.25, 0.3) is 11.1 Å². The number of amides is 1. The van der Waals surface area contributed by atoms with Gasteiger partial charge in [0.2, 0.25) is 0 Å². The van der Waals surface area contributed by atoms with Gasteiger partial charge in [-0.2, -0.15) is 13.2 Å². The minimum absolute atomic E-state index is 0.0227. The van der Waals surface area contributed by atoms with Crippen LogP contribution in [0.2, 0.25) is 0 Å². The number of alkyl halides is 3. The first-order valence-electron chi connectivity index (χ1n) is 8.17. The number of carboxylic acid groups (broad SMARTS) is 1. The third-order valence-electron chi connectivity index (χ3n) is 4.06. The largest absolute Gasteiger partial charge is 0.478 e. The van der Waals surface area contributed by atoms with E-state index in [4.69, 9.17) is 0 Å². The summed E-state index contributed by atoms with van der Waals surface area (Å²) >= 11 is 0. The fourth-order valence-electron chi connectivity index (χ4n) is 2.76. The molecule has 0 aliphatic heterocycles. The van der Waals surface area contributed by atoms with Crippen molar-refractivity contribution in [2.24, 2.45) is 0 Å². The predicted octanol–water partition coefficient (Wildman–Crippen LogP) is 5.32. The standard InChI is InChI=1S/C21H14F3NO3/c22-21(23,24)17-11-15(13-7-3-1-4-8-13)18(12-16(17)20(27)28)25-19(26)14-9-5-2-6-10-14/h1-12H,(H,25,26)(H,27,28). The van der Waals surface area contributed by atoms with Crippen molar-refractivity contribution in [3.8, 4) is 11.1 Å². The van der Waals surface area contributed by atoms with Gasteiger partial charge in [0.05, 0.1) is 11.1 Å². The molecule has 0 fully saturated rings. The van der Waals surface area contributed by atoms with E-state index >= 15 is 0 Å². The molecule has 0 saturated heterocycles. The molecule has 142 valence electrons.